The fourth-order valence-corrected chi connectivity index (χ4v) is 2.91. The van der Waals surface area contributed by atoms with Gasteiger partial charge in [-0.15, -0.1) is 0 Å². The minimum absolute atomic E-state index is 0.646. The third-order valence-corrected chi connectivity index (χ3v) is 4.43. The first-order valence-corrected chi connectivity index (χ1v) is 8.68. The molecular weight excluding hydrogens is 326 g/mol. The maximum Gasteiger partial charge on any atom is 0.150 e. The van der Waals surface area contributed by atoms with Gasteiger partial charge in [0.15, 0.2) is 5.82 Å². The SMILES string of the molecule is CN1CCN(c2ccc(Nc3cncc(-c4ccccn4)n3)nc2)CC1. The van der Waals surface area contributed by atoms with Crippen LogP contribution >= 0.6 is 0 Å². The van der Waals surface area contributed by atoms with Crippen molar-refractivity contribution in [1.82, 2.24) is 24.8 Å². The standard InChI is InChI=1S/C19H21N7/c1-25-8-10-26(11-9-25)15-5-6-18(22-12-15)24-19-14-20-13-17(23-19)16-4-2-3-7-21-16/h2-7,12-14H,8-11H2,1H3,(H,22,23,24). The van der Waals surface area contributed by atoms with Gasteiger partial charge >= 0.3 is 0 Å². The quantitative estimate of drug-likeness (QED) is 0.777. The molecule has 7 heteroatoms. The summed E-state index contributed by atoms with van der Waals surface area (Å²) in [6, 6.07) is 9.80. The molecule has 1 aliphatic rings. The molecule has 1 fully saturated rings. The van der Waals surface area contributed by atoms with Gasteiger partial charge in [-0.25, -0.2) is 9.97 Å². The van der Waals surface area contributed by atoms with Crippen LogP contribution in [0, 0.1) is 0 Å². The van der Waals surface area contributed by atoms with Crippen molar-refractivity contribution in [2.45, 2.75) is 0 Å². The zero-order valence-electron chi connectivity index (χ0n) is 14.7. The number of aromatic nitrogens is 4. The van der Waals surface area contributed by atoms with E-state index >= 15 is 0 Å². The summed E-state index contributed by atoms with van der Waals surface area (Å²) in [6.07, 6.45) is 7.04. The normalized spacial score (nSPS) is 15.0. The van der Waals surface area contributed by atoms with Crippen molar-refractivity contribution in [1.29, 1.82) is 0 Å². The highest BCUT2D eigenvalue weighted by Gasteiger charge is 2.14. The Bertz CT molecular complexity index is 843. The lowest BCUT2D eigenvalue weighted by Gasteiger charge is -2.33. The molecule has 0 radical (unpaired) electrons. The number of anilines is 3. The molecule has 0 saturated carbocycles. The minimum atomic E-state index is 0.646. The number of piperazine rings is 1. The molecule has 4 rings (SSSR count). The summed E-state index contributed by atoms with van der Waals surface area (Å²) < 4.78 is 0. The fourth-order valence-electron chi connectivity index (χ4n) is 2.91. The molecule has 0 unspecified atom stereocenters. The zero-order valence-corrected chi connectivity index (χ0v) is 14.7. The Hall–Kier alpha value is -3.06. The van der Waals surface area contributed by atoms with Crippen LogP contribution in [-0.2, 0) is 0 Å². The van der Waals surface area contributed by atoms with Gasteiger partial charge in [0.25, 0.3) is 0 Å². The molecule has 3 aromatic heterocycles. The number of rotatable bonds is 4. The Kier molecular flexibility index (Phi) is 4.70. The highest BCUT2D eigenvalue weighted by atomic mass is 15.2. The number of pyridine rings is 2. The third kappa shape index (κ3) is 3.78. The van der Waals surface area contributed by atoms with E-state index < -0.39 is 0 Å². The first-order chi connectivity index (χ1) is 12.8. The summed E-state index contributed by atoms with van der Waals surface area (Å²) in [6.45, 7) is 4.22. The molecule has 1 saturated heterocycles. The van der Waals surface area contributed by atoms with Crippen LogP contribution in [0.3, 0.4) is 0 Å². The molecule has 0 aromatic carbocycles. The van der Waals surface area contributed by atoms with Crippen molar-refractivity contribution in [3.63, 3.8) is 0 Å². The van der Waals surface area contributed by atoms with E-state index in [1.807, 2.05) is 30.5 Å². The largest absolute Gasteiger partial charge is 0.368 e. The summed E-state index contributed by atoms with van der Waals surface area (Å²) in [4.78, 5) is 22.3. The molecule has 132 valence electrons. The van der Waals surface area contributed by atoms with Gasteiger partial charge in [-0.3, -0.25) is 9.97 Å². The van der Waals surface area contributed by atoms with E-state index in [1.54, 1.807) is 18.6 Å². The molecule has 3 aromatic rings. The average molecular weight is 347 g/mol. The highest BCUT2D eigenvalue weighted by molar-refractivity contribution is 5.59. The Balaban J connectivity index is 1.46. The van der Waals surface area contributed by atoms with Crippen LogP contribution < -0.4 is 10.2 Å². The number of hydrogen-bond acceptors (Lipinski definition) is 7. The van der Waals surface area contributed by atoms with Gasteiger partial charge in [0.05, 0.1) is 30.0 Å². The van der Waals surface area contributed by atoms with Crippen molar-refractivity contribution in [3.05, 3.63) is 55.1 Å². The summed E-state index contributed by atoms with van der Waals surface area (Å²) in [7, 11) is 2.16. The zero-order chi connectivity index (χ0) is 17.8. The van der Waals surface area contributed by atoms with Gasteiger partial charge in [0, 0.05) is 32.4 Å². The smallest absolute Gasteiger partial charge is 0.150 e. The summed E-state index contributed by atoms with van der Waals surface area (Å²) in [5, 5.41) is 3.21. The number of nitrogens with one attached hydrogen (secondary N) is 1. The van der Waals surface area contributed by atoms with Gasteiger partial charge < -0.3 is 15.1 Å². The fraction of sp³-hybridized carbons (Fsp3) is 0.263. The van der Waals surface area contributed by atoms with Gasteiger partial charge in [0.2, 0.25) is 0 Å². The molecule has 0 amide bonds. The van der Waals surface area contributed by atoms with Crippen LogP contribution in [0.4, 0.5) is 17.3 Å². The van der Waals surface area contributed by atoms with E-state index in [-0.39, 0.29) is 0 Å². The maximum absolute atomic E-state index is 4.57. The highest BCUT2D eigenvalue weighted by Crippen LogP contribution is 2.20. The molecule has 1 aliphatic heterocycles. The molecular formula is C19H21N7. The molecule has 0 bridgehead atoms. The Morgan fingerprint density at radius 1 is 0.846 bits per heavy atom. The first kappa shape index (κ1) is 16.4. The van der Waals surface area contributed by atoms with Gasteiger partial charge in [-0.2, -0.15) is 0 Å². The van der Waals surface area contributed by atoms with Crippen molar-refractivity contribution in [2.75, 3.05) is 43.4 Å². The minimum Gasteiger partial charge on any atom is -0.368 e. The van der Waals surface area contributed by atoms with E-state index in [2.05, 4.69) is 48.2 Å². The van der Waals surface area contributed by atoms with Crippen molar-refractivity contribution in [2.24, 2.45) is 0 Å². The molecule has 0 aliphatic carbocycles. The van der Waals surface area contributed by atoms with Crippen molar-refractivity contribution < 1.29 is 0 Å². The molecule has 26 heavy (non-hydrogen) atoms. The van der Waals surface area contributed by atoms with Crippen molar-refractivity contribution in [3.8, 4) is 11.4 Å². The van der Waals surface area contributed by atoms with E-state index in [9.17, 15) is 0 Å². The second-order valence-corrected chi connectivity index (χ2v) is 6.32. The van der Waals surface area contributed by atoms with Gasteiger partial charge in [0.1, 0.15) is 11.5 Å². The lowest BCUT2D eigenvalue weighted by molar-refractivity contribution is 0.313. The summed E-state index contributed by atoms with van der Waals surface area (Å²) >= 11 is 0. The number of hydrogen-bond donors (Lipinski definition) is 1. The monoisotopic (exact) mass is 347 g/mol. The van der Waals surface area contributed by atoms with Crippen LogP contribution in [0.2, 0.25) is 0 Å². The van der Waals surface area contributed by atoms with Crippen LogP contribution in [0.5, 0.6) is 0 Å². The number of likely N-dealkylation sites (N-methyl/N-ethyl adjacent to an activating group) is 1. The summed E-state index contributed by atoms with van der Waals surface area (Å²) in [5.74, 6) is 1.39. The molecule has 0 atom stereocenters. The topological polar surface area (TPSA) is 70.1 Å². The predicted molar refractivity (Wildman–Crippen MR) is 102 cm³/mol. The lowest BCUT2D eigenvalue weighted by Crippen LogP contribution is -2.44. The van der Waals surface area contributed by atoms with E-state index in [0.717, 1.165) is 49.1 Å². The molecule has 4 heterocycles. The van der Waals surface area contributed by atoms with Crippen LogP contribution in [0.1, 0.15) is 0 Å². The van der Waals surface area contributed by atoms with Crippen LogP contribution in [0.25, 0.3) is 11.4 Å². The Labute approximate surface area is 152 Å². The second-order valence-electron chi connectivity index (χ2n) is 6.32. The Morgan fingerprint density at radius 3 is 2.46 bits per heavy atom. The predicted octanol–water partition coefficient (Wildman–Crippen LogP) is 2.43. The summed E-state index contributed by atoms with van der Waals surface area (Å²) in [5.41, 5.74) is 2.67. The molecule has 1 N–H and O–H groups in total. The molecule has 0 spiro atoms. The number of nitrogens with zero attached hydrogens (tertiary/aromatic N) is 6. The maximum atomic E-state index is 4.57. The molecule has 7 nitrogen and oxygen atoms in total. The average Bonchev–Trinajstić information content (AvgIpc) is 2.70. The Morgan fingerprint density at radius 2 is 1.73 bits per heavy atom. The lowest BCUT2D eigenvalue weighted by atomic mass is 10.3. The van der Waals surface area contributed by atoms with E-state index in [0.29, 0.717) is 5.82 Å². The van der Waals surface area contributed by atoms with Crippen molar-refractivity contribution >= 4 is 17.3 Å². The second kappa shape index (κ2) is 7.45. The van der Waals surface area contributed by atoms with Gasteiger partial charge in [-0.1, -0.05) is 6.07 Å². The van der Waals surface area contributed by atoms with Gasteiger partial charge in [-0.05, 0) is 31.3 Å². The third-order valence-electron chi connectivity index (χ3n) is 4.43. The first-order valence-electron chi connectivity index (χ1n) is 8.68. The van der Waals surface area contributed by atoms with Crippen LogP contribution in [0.15, 0.2) is 55.1 Å². The van der Waals surface area contributed by atoms with E-state index in [1.165, 1.54) is 0 Å². The van der Waals surface area contributed by atoms with Crippen LogP contribution in [-0.4, -0.2) is 58.1 Å². The van der Waals surface area contributed by atoms with E-state index in [4.69, 9.17) is 0 Å².